The van der Waals surface area contributed by atoms with Gasteiger partial charge in [0.1, 0.15) is 11.3 Å². The fraction of sp³-hybridized carbons (Fsp3) is 0.455. The summed E-state index contributed by atoms with van der Waals surface area (Å²) >= 11 is 6.19. The van der Waals surface area contributed by atoms with E-state index in [-0.39, 0.29) is 6.04 Å². The third-order valence-electron chi connectivity index (χ3n) is 3.23. The van der Waals surface area contributed by atoms with Gasteiger partial charge in [-0.15, -0.1) is 10.2 Å². The van der Waals surface area contributed by atoms with Crippen molar-refractivity contribution in [2.45, 2.75) is 19.5 Å². The number of nitrogens with zero attached hydrogens (tertiary/aromatic N) is 6. The molecule has 19 heavy (non-hydrogen) atoms. The zero-order valence-corrected chi connectivity index (χ0v) is 11.4. The topological polar surface area (TPSA) is 69.0 Å². The van der Waals surface area contributed by atoms with E-state index in [2.05, 4.69) is 25.1 Å². The SMILES string of the molecule is COc1ncc(Cl)c(N2CCn3cnnc3C2C)n1. The summed E-state index contributed by atoms with van der Waals surface area (Å²) in [5.41, 5.74) is 0. The summed E-state index contributed by atoms with van der Waals surface area (Å²) in [7, 11) is 1.53. The van der Waals surface area contributed by atoms with Crippen molar-refractivity contribution >= 4 is 17.4 Å². The minimum atomic E-state index is 0.0494. The molecule has 0 saturated heterocycles. The first-order chi connectivity index (χ1) is 9.20. The molecule has 7 nitrogen and oxygen atoms in total. The van der Waals surface area contributed by atoms with Crippen LogP contribution >= 0.6 is 11.6 Å². The van der Waals surface area contributed by atoms with Crippen molar-refractivity contribution in [3.8, 4) is 6.01 Å². The quantitative estimate of drug-likeness (QED) is 0.826. The summed E-state index contributed by atoms with van der Waals surface area (Å²) in [5.74, 6) is 1.56. The molecule has 0 radical (unpaired) electrons. The molecule has 1 unspecified atom stereocenters. The molecule has 1 aliphatic rings. The van der Waals surface area contributed by atoms with Crippen LogP contribution in [0.25, 0.3) is 0 Å². The molecular formula is C11H13ClN6O. The molecule has 1 aliphatic heterocycles. The highest BCUT2D eigenvalue weighted by atomic mass is 35.5. The van der Waals surface area contributed by atoms with E-state index in [0.29, 0.717) is 16.9 Å². The number of hydrogen-bond acceptors (Lipinski definition) is 6. The maximum atomic E-state index is 6.19. The van der Waals surface area contributed by atoms with Crippen LogP contribution in [0.2, 0.25) is 5.02 Å². The molecule has 0 spiro atoms. The fourth-order valence-electron chi connectivity index (χ4n) is 2.24. The predicted molar refractivity (Wildman–Crippen MR) is 69.4 cm³/mol. The second-order valence-electron chi connectivity index (χ2n) is 4.28. The Hall–Kier alpha value is -1.89. The van der Waals surface area contributed by atoms with E-state index in [1.54, 1.807) is 12.5 Å². The number of halogens is 1. The van der Waals surface area contributed by atoms with E-state index in [4.69, 9.17) is 16.3 Å². The molecule has 0 amide bonds. The third kappa shape index (κ3) is 1.99. The van der Waals surface area contributed by atoms with Gasteiger partial charge >= 0.3 is 6.01 Å². The van der Waals surface area contributed by atoms with Gasteiger partial charge in [-0.05, 0) is 6.92 Å². The molecule has 2 aromatic rings. The lowest BCUT2D eigenvalue weighted by Crippen LogP contribution is -2.37. The van der Waals surface area contributed by atoms with Gasteiger partial charge in [0.05, 0.1) is 19.3 Å². The Morgan fingerprint density at radius 1 is 1.42 bits per heavy atom. The number of hydrogen-bond donors (Lipinski definition) is 0. The van der Waals surface area contributed by atoms with Gasteiger partial charge in [-0.2, -0.15) is 4.98 Å². The molecule has 0 aliphatic carbocycles. The van der Waals surface area contributed by atoms with Gasteiger partial charge in [-0.1, -0.05) is 11.6 Å². The fourth-order valence-corrected chi connectivity index (χ4v) is 2.44. The van der Waals surface area contributed by atoms with Crippen molar-refractivity contribution < 1.29 is 4.74 Å². The molecule has 2 aromatic heterocycles. The highest BCUT2D eigenvalue weighted by Crippen LogP contribution is 2.32. The van der Waals surface area contributed by atoms with Crippen molar-refractivity contribution in [1.29, 1.82) is 0 Å². The predicted octanol–water partition coefficient (Wildman–Crippen LogP) is 1.31. The van der Waals surface area contributed by atoms with Gasteiger partial charge in [0.25, 0.3) is 0 Å². The van der Waals surface area contributed by atoms with Crippen LogP contribution in [0, 0.1) is 0 Å². The molecule has 0 saturated carbocycles. The summed E-state index contributed by atoms with van der Waals surface area (Å²) in [6, 6.07) is 0.354. The van der Waals surface area contributed by atoms with E-state index in [1.165, 1.54) is 7.11 Å². The minimum Gasteiger partial charge on any atom is -0.467 e. The lowest BCUT2D eigenvalue weighted by Gasteiger charge is -2.34. The molecule has 0 aromatic carbocycles. The van der Waals surface area contributed by atoms with E-state index >= 15 is 0 Å². The maximum Gasteiger partial charge on any atom is 0.318 e. The number of methoxy groups -OCH3 is 1. The van der Waals surface area contributed by atoms with Crippen molar-refractivity contribution in [2.75, 3.05) is 18.6 Å². The standard InChI is InChI=1S/C11H13ClN6O/c1-7-9-16-14-6-17(9)3-4-18(7)10-8(12)5-13-11(15-10)19-2/h5-7H,3-4H2,1-2H3. The van der Waals surface area contributed by atoms with Crippen molar-refractivity contribution in [2.24, 2.45) is 0 Å². The monoisotopic (exact) mass is 280 g/mol. The van der Waals surface area contributed by atoms with Crippen LogP contribution in [0.3, 0.4) is 0 Å². The van der Waals surface area contributed by atoms with Crippen LogP contribution in [-0.4, -0.2) is 38.4 Å². The van der Waals surface area contributed by atoms with Crippen LogP contribution in [-0.2, 0) is 6.54 Å². The van der Waals surface area contributed by atoms with Crippen LogP contribution in [0.5, 0.6) is 6.01 Å². The average Bonchev–Trinajstić information content (AvgIpc) is 2.90. The van der Waals surface area contributed by atoms with Gasteiger partial charge < -0.3 is 14.2 Å². The molecular weight excluding hydrogens is 268 g/mol. The molecule has 1 atom stereocenters. The smallest absolute Gasteiger partial charge is 0.318 e. The number of anilines is 1. The summed E-state index contributed by atoms with van der Waals surface area (Å²) < 4.78 is 7.08. The highest BCUT2D eigenvalue weighted by molar-refractivity contribution is 6.32. The van der Waals surface area contributed by atoms with Crippen molar-refractivity contribution in [3.63, 3.8) is 0 Å². The zero-order chi connectivity index (χ0) is 13.4. The largest absolute Gasteiger partial charge is 0.467 e. The van der Waals surface area contributed by atoms with Gasteiger partial charge in [0.15, 0.2) is 11.6 Å². The van der Waals surface area contributed by atoms with Gasteiger partial charge in [-0.25, -0.2) is 4.98 Å². The molecule has 3 rings (SSSR count). The highest BCUT2D eigenvalue weighted by Gasteiger charge is 2.28. The molecule has 8 heteroatoms. The molecule has 3 heterocycles. The first-order valence-electron chi connectivity index (χ1n) is 5.91. The number of fused-ring (bicyclic) bond motifs is 1. The third-order valence-corrected chi connectivity index (χ3v) is 3.49. The van der Waals surface area contributed by atoms with Crippen LogP contribution < -0.4 is 9.64 Å². The molecule has 0 fully saturated rings. The average molecular weight is 281 g/mol. The lowest BCUT2D eigenvalue weighted by molar-refractivity contribution is 0.378. The zero-order valence-electron chi connectivity index (χ0n) is 10.6. The first-order valence-corrected chi connectivity index (χ1v) is 6.29. The molecule has 0 bridgehead atoms. The Labute approximate surface area is 115 Å². The lowest BCUT2D eigenvalue weighted by atomic mass is 10.2. The molecule has 100 valence electrons. The Balaban J connectivity index is 1.99. The Bertz CT molecular complexity index is 601. The summed E-state index contributed by atoms with van der Waals surface area (Å²) in [6.07, 6.45) is 3.29. The second-order valence-corrected chi connectivity index (χ2v) is 4.69. The van der Waals surface area contributed by atoms with Crippen LogP contribution in [0.15, 0.2) is 12.5 Å². The van der Waals surface area contributed by atoms with E-state index in [1.807, 2.05) is 11.5 Å². The van der Waals surface area contributed by atoms with Crippen molar-refractivity contribution in [3.05, 3.63) is 23.4 Å². The van der Waals surface area contributed by atoms with E-state index < -0.39 is 0 Å². The molecule has 0 N–H and O–H groups in total. The van der Waals surface area contributed by atoms with Crippen molar-refractivity contribution in [1.82, 2.24) is 24.7 Å². The Morgan fingerprint density at radius 2 is 2.26 bits per heavy atom. The first kappa shape index (κ1) is 12.2. The summed E-state index contributed by atoms with van der Waals surface area (Å²) in [4.78, 5) is 10.4. The number of rotatable bonds is 2. The maximum absolute atomic E-state index is 6.19. The summed E-state index contributed by atoms with van der Waals surface area (Å²) in [5, 5.41) is 8.57. The Morgan fingerprint density at radius 3 is 3.05 bits per heavy atom. The Kier molecular flexibility index (Phi) is 2.98. The normalized spacial score (nSPS) is 18.3. The minimum absolute atomic E-state index is 0.0494. The van der Waals surface area contributed by atoms with Crippen LogP contribution in [0.4, 0.5) is 5.82 Å². The number of aromatic nitrogens is 5. The van der Waals surface area contributed by atoms with E-state index in [9.17, 15) is 0 Å². The van der Waals surface area contributed by atoms with Gasteiger partial charge in [0.2, 0.25) is 0 Å². The van der Waals surface area contributed by atoms with Gasteiger partial charge in [0, 0.05) is 13.1 Å². The van der Waals surface area contributed by atoms with Gasteiger partial charge in [-0.3, -0.25) is 0 Å². The summed E-state index contributed by atoms with van der Waals surface area (Å²) in [6.45, 7) is 3.63. The second kappa shape index (κ2) is 4.65. The van der Waals surface area contributed by atoms with Crippen LogP contribution in [0.1, 0.15) is 18.8 Å². The number of ether oxygens (including phenoxy) is 1. The van der Waals surface area contributed by atoms with E-state index in [0.717, 1.165) is 18.9 Å².